The van der Waals surface area contributed by atoms with Crippen LogP contribution in [0.4, 0.5) is 5.13 Å². The first kappa shape index (κ1) is 9.92. The number of nitrogens with zero attached hydrogens (tertiary/aromatic N) is 1. The van der Waals surface area contributed by atoms with Crippen LogP contribution in [0, 0.1) is 10.5 Å². The van der Waals surface area contributed by atoms with Gasteiger partial charge in [0.25, 0.3) is 0 Å². The molecule has 0 saturated heterocycles. The van der Waals surface area contributed by atoms with E-state index < -0.39 is 0 Å². The van der Waals surface area contributed by atoms with Crippen molar-refractivity contribution in [2.75, 3.05) is 5.73 Å². The van der Waals surface area contributed by atoms with Gasteiger partial charge in [0.05, 0.1) is 4.88 Å². The fourth-order valence-corrected chi connectivity index (χ4v) is 2.53. The Morgan fingerprint density at radius 1 is 1.43 bits per heavy atom. The van der Waals surface area contributed by atoms with E-state index >= 15 is 0 Å². The van der Waals surface area contributed by atoms with Gasteiger partial charge in [-0.3, -0.25) is 0 Å². The third kappa shape index (κ3) is 1.90. The maximum Gasteiger partial charge on any atom is 0.180 e. The van der Waals surface area contributed by atoms with Crippen LogP contribution in [0.25, 0.3) is 10.4 Å². The molecule has 1 aromatic heterocycles. The van der Waals surface area contributed by atoms with Crippen LogP contribution in [0.2, 0.25) is 0 Å². The number of hydrogen-bond donors (Lipinski definition) is 1. The van der Waals surface area contributed by atoms with Gasteiger partial charge in [-0.25, -0.2) is 4.98 Å². The number of benzene rings is 1. The normalized spacial score (nSPS) is 10.4. The minimum absolute atomic E-state index is 0.623. The Morgan fingerprint density at radius 3 is 2.86 bits per heavy atom. The van der Waals surface area contributed by atoms with Gasteiger partial charge in [0.2, 0.25) is 0 Å². The second-order valence-electron chi connectivity index (χ2n) is 3.02. The Kier molecular flexibility index (Phi) is 2.73. The van der Waals surface area contributed by atoms with Gasteiger partial charge in [0.15, 0.2) is 5.13 Å². The molecule has 2 rings (SSSR count). The highest BCUT2D eigenvalue weighted by Gasteiger charge is 2.05. The highest BCUT2D eigenvalue weighted by Crippen LogP contribution is 2.30. The van der Waals surface area contributed by atoms with Gasteiger partial charge in [-0.15, -0.1) is 0 Å². The molecular formula is C10H9IN2S. The van der Waals surface area contributed by atoms with Crippen LogP contribution in [-0.4, -0.2) is 4.98 Å². The molecule has 1 aromatic carbocycles. The second kappa shape index (κ2) is 3.86. The molecule has 0 atom stereocenters. The van der Waals surface area contributed by atoms with Crippen LogP contribution in [-0.2, 0) is 0 Å². The van der Waals surface area contributed by atoms with Gasteiger partial charge in [-0.2, -0.15) is 0 Å². The van der Waals surface area contributed by atoms with E-state index in [1.807, 2.05) is 6.20 Å². The number of anilines is 1. The molecule has 0 radical (unpaired) electrons. The average molecular weight is 316 g/mol. The number of rotatable bonds is 1. The molecule has 0 unspecified atom stereocenters. The minimum Gasteiger partial charge on any atom is -0.375 e. The Bertz CT molecular complexity index is 465. The molecule has 0 amide bonds. The van der Waals surface area contributed by atoms with Gasteiger partial charge in [-0.05, 0) is 52.8 Å². The summed E-state index contributed by atoms with van der Waals surface area (Å²) in [5.41, 5.74) is 8.10. The van der Waals surface area contributed by atoms with Gasteiger partial charge in [0, 0.05) is 9.77 Å². The van der Waals surface area contributed by atoms with Crippen molar-refractivity contribution in [1.82, 2.24) is 4.98 Å². The summed E-state index contributed by atoms with van der Waals surface area (Å²) in [6.45, 7) is 2.10. The lowest BCUT2D eigenvalue weighted by Crippen LogP contribution is -1.81. The molecule has 0 spiro atoms. The number of hydrogen-bond acceptors (Lipinski definition) is 3. The van der Waals surface area contributed by atoms with Crippen LogP contribution in [0.15, 0.2) is 24.4 Å². The van der Waals surface area contributed by atoms with E-state index in [0.717, 1.165) is 4.88 Å². The number of aromatic nitrogens is 1. The Labute approximate surface area is 100 Å². The molecule has 72 valence electrons. The molecule has 0 aliphatic heterocycles. The lowest BCUT2D eigenvalue weighted by atomic mass is 10.1. The summed E-state index contributed by atoms with van der Waals surface area (Å²) in [6.07, 6.45) is 1.83. The summed E-state index contributed by atoms with van der Waals surface area (Å²) in [6, 6.07) is 6.37. The van der Waals surface area contributed by atoms with Crippen molar-refractivity contribution in [1.29, 1.82) is 0 Å². The van der Waals surface area contributed by atoms with Gasteiger partial charge >= 0.3 is 0 Å². The van der Waals surface area contributed by atoms with Crippen LogP contribution in [0.3, 0.4) is 0 Å². The molecule has 0 aliphatic rings. The summed E-state index contributed by atoms with van der Waals surface area (Å²) < 4.78 is 1.23. The molecule has 1 heterocycles. The number of aryl methyl sites for hydroxylation is 1. The predicted molar refractivity (Wildman–Crippen MR) is 69.4 cm³/mol. The first-order valence-electron chi connectivity index (χ1n) is 4.14. The summed E-state index contributed by atoms with van der Waals surface area (Å²) >= 11 is 3.84. The maximum absolute atomic E-state index is 5.61. The highest BCUT2D eigenvalue weighted by atomic mass is 127. The van der Waals surface area contributed by atoms with Crippen molar-refractivity contribution in [3.05, 3.63) is 33.5 Å². The Balaban J connectivity index is 2.55. The molecule has 0 saturated carbocycles. The number of nitrogen functional groups attached to an aromatic ring is 1. The first-order chi connectivity index (χ1) is 6.66. The summed E-state index contributed by atoms with van der Waals surface area (Å²) in [7, 11) is 0. The van der Waals surface area contributed by atoms with Crippen LogP contribution in [0.1, 0.15) is 5.56 Å². The Hall–Kier alpha value is -0.620. The maximum atomic E-state index is 5.61. The summed E-state index contributed by atoms with van der Waals surface area (Å²) in [5, 5.41) is 0.623. The van der Waals surface area contributed by atoms with Gasteiger partial charge in [0.1, 0.15) is 0 Å². The second-order valence-corrected chi connectivity index (χ2v) is 5.33. The van der Waals surface area contributed by atoms with E-state index in [0.29, 0.717) is 5.13 Å². The average Bonchev–Trinajstić information content (AvgIpc) is 2.56. The van der Waals surface area contributed by atoms with Crippen molar-refractivity contribution in [2.45, 2.75) is 6.92 Å². The SMILES string of the molecule is Cc1ccc(I)cc1-c1cnc(N)s1. The quantitative estimate of drug-likeness (QED) is 0.820. The fraction of sp³-hybridized carbons (Fsp3) is 0.100. The van der Waals surface area contributed by atoms with Crippen molar-refractivity contribution < 1.29 is 0 Å². The number of nitrogens with two attached hydrogens (primary N) is 1. The van der Waals surface area contributed by atoms with Crippen molar-refractivity contribution >= 4 is 39.1 Å². The zero-order chi connectivity index (χ0) is 10.1. The lowest BCUT2D eigenvalue weighted by molar-refractivity contribution is 1.41. The van der Waals surface area contributed by atoms with E-state index in [4.69, 9.17) is 5.73 Å². The first-order valence-corrected chi connectivity index (χ1v) is 6.04. The smallest absolute Gasteiger partial charge is 0.180 e. The molecule has 4 heteroatoms. The van der Waals surface area contributed by atoms with Crippen LogP contribution >= 0.6 is 33.9 Å². The zero-order valence-electron chi connectivity index (χ0n) is 7.62. The largest absolute Gasteiger partial charge is 0.375 e. The monoisotopic (exact) mass is 316 g/mol. The van der Waals surface area contributed by atoms with E-state index in [9.17, 15) is 0 Å². The minimum atomic E-state index is 0.623. The summed E-state index contributed by atoms with van der Waals surface area (Å²) in [5.74, 6) is 0. The highest BCUT2D eigenvalue weighted by molar-refractivity contribution is 14.1. The van der Waals surface area contributed by atoms with Crippen LogP contribution in [0.5, 0.6) is 0 Å². The molecule has 0 aliphatic carbocycles. The van der Waals surface area contributed by atoms with Crippen molar-refractivity contribution in [3.63, 3.8) is 0 Å². The molecular weight excluding hydrogens is 307 g/mol. The third-order valence-corrected chi connectivity index (χ3v) is 3.52. The Morgan fingerprint density at radius 2 is 2.21 bits per heavy atom. The van der Waals surface area contributed by atoms with E-state index in [1.54, 1.807) is 0 Å². The van der Waals surface area contributed by atoms with Gasteiger partial charge in [-0.1, -0.05) is 17.4 Å². The van der Waals surface area contributed by atoms with Gasteiger partial charge < -0.3 is 5.73 Å². The molecule has 2 N–H and O–H groups in total. The predicted octanol–water partition coefficient (Wildman–Crippen LogP) is 3.31. The molecule has 14 heavy (non-hydrogen) atoms. The van der Waals surface area contributed by atoms with Crippen LogP contribution < -0.4 is 5.73 Å². The topological polar surface area (TPSA) is 38.9 Å². The van der Waals surface area contributed by atoms with E-state index in [2.05, 4.69) is 52.7 Å². The number of thiazole rings is 1. The molecule has 2 nitrogen and oxygen atoms in total. The third-order valence-electron chi connectivity index (χ3n) is 1.99. The van der Waals surface area contributed by atoms with Crippen molar-refractivity contribution in [3.8, 4) is 10.4 Å². The molecule has 0 bridgehead atoms. The van der Waals surface area contributed by atoms with E-state index in [1.165, 1.54) is 26.0 Å². The zero-order valence-corrected chi connectivity index (χ0v) is 10.6. The van der Waals surface area contributed by atoms with Crippen molar-refractivity contribution in [2.24, 2.45) is 0 Å². The standard InChI is InChI=1S/C10H9IN2S/c1-6-2-3-7(11)4-8(6)9-5-13-10(12)14-9/h2-5H,1H3,(H2,12,13). The summed E-state index contributed by atoms with van der Waals surface area (Å²) in [4.78, 5) is 5.20. The number of halogens is 1. The van der Waals surface area contributed by atoms with E-state index in [-0.39, 0.29) is 0 Å². The lowest BCUT2D eigenvalue weighted by Gasteiger charge is -2.02. The molecule has 0 fully saturated rings. The fourth-order valence-electron chi connectivity index (χ4n) is 1.27. The molecule has 2 aromatic rings.